The van der Waals surface area contributed by atoms with Gasteiger partial charge >= 0.3 is 0 Å². The predicted octanol–water partition coefficient (Wildman–Crippen LogP) is 0.647. The first-order chi connectivity index (χ1) is 11.8. The Balaban J connectivity index is 1.81. The normalized spacial score (nSPS) is 15.3. The van der Waals surface area contributed by atoms with Crippen LogP contribution in [0.25, 0.3) is 0 Å². The van der Waals surface area contributed by atoms with Gasteiger partial charge in [0.2, 0.25) is 15.0 Å². The van der Waals surface area contributed by atoms with Crippen LogP contribution >= 0.6 is 0 Å². The van der Waals surface area contributed by atoms with Crippen molar-refractivity contribution in [2.45, 2.75) is 51.5 Å². The van der Waals surface area contributed by atoms with E-state index in [1.165, 1.54) is 0 Å². The standard InChI is InChI=1S/C16H23N5O3S/c1-4-6-21-9-12(11(2)19-21)8-20-7-5-14-13(10-20)15(22)18-16(17-14)25(3,23)24/h9H,4-8,10H2,1-3H3,(H,17,18,22). The monoisotopic (exact) mass is 365 g/mol. The highest BCUT2D eigenvalue weighted by Gasteiger charge is 2.24. The van der Waals surface area contributed by atoms with E-state index < -0.39 is 9.84 Å². The molecule has 0 aliphatic carbocycles. The lowest BCUT2D eigenvalue weighted by atomic mass is 10.1. The molecule has 2 aromatic heterocycles. The second kappa shape index (κ2) is 6.72. The lowest BCUT2D eigenvalue weighted by molar-refractivity contribution is 0.240. The van der Waals surface area contributed by atoms with Crippen molar-refractivity contribution in [3.63, 3.8) is 0 Å². The number of hydrogen-bond donors (Lipinski definition) is 1. The molecule has 1 aliphatic heterocycles. The van der Waals surface area contributed by atoms with Gasteiger partial charge in [0.1, 0.15) is 0 Å². The minimum Gasteiger partial charge on any atom is -0.297 e. The van der Waals surface area contributed by atoms with Gasteiger partial charge in [-0.05, 0) is 13.3 Å². The van der Waals surface area contributed by atoms with Crippen LogP contribution in [0.4, 0.5) is 0 Å². The molecule has 0 aromatic carbocycles. The molecule has 25 heavy (non-hydrogen) atoms. The maximum atomic E-state index is 12.3. The number of rotatable bonds is 5. The van der Waals surface area contributed by atoms with Gasteiger partial charge in [0.25, 0.3) is 5.56 Å². The maximum absolute atomic E-state index is 12.3. The molecule has 0 saturated carbocycles. The highest BCUT2D eigenvalue weighted by molar-refractivity contribution is 7.90. The third-order valence-corrected chi connectivity index (χ3v) is 5.27. The Morgan fingerprint density at radius 2 is 2.12 bits per heavy atom. The van der Waals surface area contributed by atoms with Crippen LogP contribution in [0.3, 0.4) is 0 Å². The van der Waals surface area contributed by atoms with Crippen molar-refractivity contribution in [2.24, 2.45) is 0 Å². The van der Waals surface area contributed by atoms with E-state index in [2.05, 4.69) is 33.1 Å². The van der Waals surface area contributed by atoms with E-state index in [-0.39, 0.29) is 10.7 Å². The molecule has 0 fully saturated rings. The molecule has 0 spiro atoms. The van der Waals surface area contributed by atoms with Crippen molar-refractivity contribution in [1.82, 2.24) is 24.6 Å². The molecule has 0 atom stereocenters. The first kappa shape index (κ1) is 17.8. The lowest BCUT2D eigenvalue weighted by Crippen LogP contribution is -2.36. The minimum absolute atomic E-state index is 0.249. The largest absolute Gasteiger partial charge is 0.297 e. The number of H-pyrrole nitrogens is 1. The molecule has 0 unspecified atom stereocenters. The Morgan fingerprint density at radius 3 is 2.80 bits per heavy atom. The Kier molecular flexibility index (Phi) is 4.79. The summed E-state index contributed by atoms with van der Waals surface area (Å²) in [6, 6.07) is 0. The van der Waals surface area contributed by atoms with Gasteiger partial charge in [0, 0.05) is 50.6 Å². The summed E-state index contributed by atoms with van der Waals surface area (Å²) in [4.78, 5) is 21.0. The number of fused-ring (bicyclic) bond motifs is 1. The highest BCUT2D eigenvalue weighted by Crippen LogP contribution is 2.18. The molecule has 1 aliphatic rings. The number of aromatic amines is 1. The first-order valence-corrected chi connectivity index (χ1v) is 10.2. The molecule has 136 valence electrons. The quantitative estimate of drug-likeness (QED) is 0.781. The fraction of sp³-hybridized carbons (Fsp3) is 0.562. The van der Waals surface area contributed by atoms with Crippen LogP contribution in [0, 0.1) is 6.92 Å². The van der Waals surface area contributed by atoms with Gasteiger partial charge in [-0.3, -0.25) is 19.4 Å². The Morgan fingerprint density at radius 1 is 1.36 bits per heavy atom. The number of nitrogens with one attached hydrogen (secondary N) is 1. The van der Waals surface area contributed by atoms with E-state index >= 15 is 0 Å². The van der Waals surface area contributed by atoms with Gasteiger partial charge < -0.3 is 0 Å². The number of aryl methyl sites for hydroxylation is 2. The van der Waals surface area contributed by atoms with Gasteiger partial charge in [-0.2, -0.15) is 5.10 Å². The smallest absolute Gasteiger partial charge is 0.256 e. The Bertz CT molecular complexity index is 945. The summed E-state index contributed by atoms with van der Waals surface area (Å²) in [5.74, 6) is 0. The first-order valence-electron chi connectivity index (χ1n) is 8.35. The second-order valence-corrected chi connectivity index (χ2v) is 8.46. The van der Waals surface area contributed by atoms with Crippen molar-refractivity contribution in [1.29, 1.82) is 0 Å². The topological polar surface area (TPSA) is 101 Å². The fourth-order valence-corrected chi connectivity index (χ4v) is 3.62. The molecule has 3 rings (SSSR count). The summed E-state index contributed by atoms with van der Waals surface area (Å²) < 4.78 is 25.2. The van der Waals surface area contributed by atoms with Crippen LogP contribution in [-0.4, -0.2) is 45.9 Å². The average molecular weight is 365 g/mol. The lowest BCUT2D eigenvalue weighted by Gasteiger charge is -2.27. The third-order valence-electron chi connectivity index (χ3n) is 4.37. The zero-order valence-electron chi connectivity index (χ0n) is 14.7. The average Bonchev–Trinajstić information content (AvgIpc) is 2.87. The van der Waals surface area contributed by atoms with Gasteiger partial charge in [-0.25, -0.2) is 13.4 Å². The van der Waals surface area contributed by atoms with Gasteiger partial charge in [0.05, 0.1) is 17.0 Å². The number of hydrogen-bond acceptors (Lipinski definition) is 6. The second-order valence-electron chi connectivity index (χ2n) is 6.53. The Labute approximate surface area is 146 Å². The summed E-state index contributed by atoms with van der Waals surface area (Å²) in [7, 11) is -3.52. The summed E-state index contributed by atoms with van der Waals surface area (Å²) in [6.45, 7) is 6.89. The zero-order valence-corrected chi connectivity index (χ0v) is 15.6. The van der Waals surface area contributed by atoms with E-state index in [9.17, 15) is 13.2 Å². The fourth-order valence-electron chi connectivity index (χ4n) is 3.07. The van der Waals surface area contributed by atoms with E-state index in [4.69, 9.17) is 0 Å². The van der Waals surface area contributed by atoms with Gasteiger partial charge in [0.15, 0.2) is 0 Å². The SMILES string of the molecule is CCCn1cc(CN2CCc3nc(S(C)(=O)=O)[nH]c(=O)c3C2)c(C)n1. The molecule has 1 N–H and O–H groups in total. The molecule has 2 aromatic rings. The zero-order chi connectivity index (χ0) is 18.2. The van der Waals surface area contributed by atoms with Gasteiger partial charge in [-0.1, -0.05) is 6.92 Å². The van der Waals surface area contributed by atoms with Crippen LogP contribution in [0.1, 0.15) is 35.9 Å². The summed E-state index contributed by atoms with van der Waals surface area (Å²) in [5.41, 5.74) is 2.91. The van der Waals surface area contributed by atoms with Crippen molar-refractivity contribution in [3.8, 4) is 0 Å². The van der Waals surface area contributed by atoms with E-state index in [0.29, 0.717) is 30.8 Å². The van der Waals surface area contributed by atoms with Crippen LogP contribution in [0.15, 0.2) is 16.1 Å². The van der Waals surface area contributed by atoms with Crippen LogP contribution < -0.4 is 5.56 Å². The predicted molar refractivity (Wildman–Crippen MR) is 93.0 cm³/mol. The van der Waals surface area contributed by atoms with E-state index in [1.807, 2.05) is 11.6 Å². The highest BCUT2D eigenvalue weighted by atomic mass is 32.2. The molecule has 8 nitrogen and oxygen atoms in total. The number of aromatic nitrogens is 4. The van der Waals surface area contributed by atoms with Crippen molar-refractivity contribution >= 4 is 9.84 Å². The van der Waals surface area contributed by atoms with E-state index in [0.717, 1.165) is 37.0 Å². The molecule has 3 heterocycles. The maximum Gasteiger partial charge on any atom is 0.256 e. The van der Waals surface area contributed by atoms with Crippen LogP contribution in [0.2, 0.25) is 0 Å². The number of sulfone groups is 1. The molecular weight excluding hydrogens is 342 g/mol. The third kappa shape index (κ3) is 3.82. The molecule has 0 saturated heterocycles. The molecule has 0 bridgehead atoms. The molecule has 0 radical (unpaired) electrons. The summed E-state index contributed by atoms with van der Waals surface area (Å²) >= 11 is 0. The Hall–Kier alpha value is -2.00. The van der Waals surface area contributed by atoms with Crippen molar-refractivity contribution < 1.29 is 8.42 Å². The van der Waals surface area contributed by atoms with E-state index in [1.54, 1.807) is 0 Å². The van der Waals surface area contributed by atoms with Crippen LogP contribution in [0.5, 0.6) is 0 Å². The molecular formula is C16H23N5O3S. The number of nitrogens with zero attached hydrogens (tertiary/aromatic N) is 4. The molecule has 9 heteroatoms. The minimum atomic E-state index is -3.52. The molecule has 0 amide bonds. The summed E-state index contributed by atoms with van der Waals surface area (Å²) in [5, 5.41) is 4.26. The van der Waals surface area contributed by atoms with Crippen molar-refractivity contribution in [2.75, 3.05) is 12.8 Å². The van der Waals surface area contributed by atoms with Gasteiger partial charge in [-0.15, -0.1) is 0 Å². The summed E-state index contributed by atoms with van der Waals surface area (Å²) in [6.07, 6.45) is 4.69. The van der Waals surface area contributed by atoms with Crippen LogP contribution in [-0.2, 0) is 35.9 Å². The van der Waals surface area contributed by atoms with Crippen molar-refractivity contribution in [3.05, 3.63) is 39.1 Å².